The Morgan fingerprint density at radius 3 is 2.26 bits per heavy atom. The fraction of sp³-hybridized carbons (Fsp3) is 0.158. The predicted octanol–water partition coefficient (Wildman–Crippen LogP) is 3.75. The lowest BCUT2D eigenvalue weighted by atomic mass is 10.1. The van der Waals surface area contributed by atoms with Crippen LogP contribution < -0.4 is 4.72 Å². The third-order valence-corrected chi connectivity index (χ3v) is 5.36. The van der Waals surface area contributed by atoms with Crippen LogP contribution in [0.25, 0.3) is 10.8 Å². The lowest BCUT2D eigenvalue weighted by Crippen LogP contribution is -2.34. The van der Waals surface area contributed by atoms with E-state index in [9.17, 15) is 8.42 Å². The molecule has 1 atom stereocenters. The first-order chi connectivity index (χ1) is 11.0. The molecule has 23 heavy (non-hydrogen) atoms. The first kappa shape index (κ1) is 15.7. The van der Waals surface area contributed by atoms with E-state index in [1.807, 2.05) is 67.6 Å². The van der Waals surface area contributed by atoms with Crippen molar-refractivity contribution < 1.29 is 8.42 Å². The van der Waals surface area contributed by atoms with E-state index in [0.29, 0.717) is 11.3 Å². The van der Waals surface area contributed by atoms with Gasteiger partial charge in [0, 0.05) is 6.04 Å². The normalized spacial score (nSPS) is 13.1. The molecule has 0 amide bonds. The van der Waals surface area contributed by atoms with Crippen LogP contribution in [0.15, 0.2) is 77.7 Å². The Labute approximate surface area is 137 Å². The highest BCUT2D eigenvalue weighted by Gasteiger charge is 2.17. The number of nitrogens with one attached hydrogen (secondary N) is 1. The Balaban J connectivity index is 1.79. The van der Waals surface area contributed by atoms with E-state index < -0.39 is 10.0 Å². The minimum absolute atomic E-state index is 0.172. The van der Waals surface area contributed by atoms with Gasteiger partial charge in [-0.15, -0.1) is 0 Å². The number of benzene rings is 3. The number of rotatable bonds is 5. The van der Waals surface area contributed by atoms with Crippen LogP contribution in [0.4, 0.5) is 0 Å². The molecule has 1 unspecified atom stereocenters. The third-order valence-electron chi connectivity index (χ3n) is 3.77. The summed E-state index contributed by atoms with van der Waals surface area (Å²) >= 11 is 0. The quantitative estimate of drug-likeness (QED) is 0.776. The summed E-state index contributed by atoms with van der Waals surface area (Å²) in [4.78, 5) is 0.302. The van der Waals surface area contributed by atoms with Crippen molar-refractivity contribution >= 4 is 20.8 Å². The second-order valence-corrected chi connectivity index (χ2v) is 7.43. The van der Waals surface area contributed by atoms with Crippen molar-refractivity contribution in [2.24, 2.45) is 0 Å². The van der Waals surface area contributed by atoms with Gasteiger partial charge in [-0.25, -0.2) is 13.1 Å². The maximum atomic E-state index is 12.6. The van der Waals surface area contributed by atoms with E-state index in [-0.39, 0.29) is 6.04 Å². The molecule has 3 nitrogen and oxygen atoms in total. The fourth-order valence-corrected chi connectivity index (χ4v) is 3.96. The van der Waals surface area contributed by atoms with Gasteiger partial charge in [-0.2, -0.15) is 0 Å². The molecule has 0 saturated carbocycles. The molecule has 4 heteroatoms. The van der Waals surface area contributed by atoms with E-state index >= 15 is 0 Å². The third kappa shape index (κ3) is 3.78. The molecule has 0 spiro atoms. The standard InChI is InChI=1S/C19H19NO2S/c1-15(13-16-7-3-2-4-8-16)20-23(21,22)19-12-11-17-9-5-6-10-18(17)14-19/h2-12,14-15,20H,13H2,1H3. The maximum Gasteiger partial charge on any atom is 0.240 e. The number of sulfonamides is 1. The topological polar surface area (TPSA) is 46.2 Å². The highest BCUT2D eigenvalue weighted by molar-refractivity contribution is 7.89. The van der Waals surface area contributed by atoms with Crippen LogP contribution in [0.1, 0.15) is 12.5 Å². The molecule has 118 valence electrons. The Morgan fingerprint density at radius 2 is 1.52 bits per heavy atom. The Hall–Kier alpha value is -2.17. The molecule has 0 saturated heterocycles. The van der Waals surface area contributed by atoms with Crippen LogP contribution in [0.5, 0.6) is 0 Å². The Morgan fingerprint density at radius 1 is 0.870 bits per heavy atom. The summed E-state index contributed by atoms with van der Waals surface area (Å²) in [5, 5.41) is 1.95. The van der Waals surface area contributed by atoms with Crippen LogP contribution in [0.2, 0.25) is 0 Å². The van der Waals surface area contributed by atoms with Crippen molar-refractivity contribution in [3.05, 3.63) is 78.4 Å². The largest absolute Gasteiger partial charge is 0.240 e. The average Bonchev–Trinajstić information content (AvgIpc) is 2.54. The number of hydrogen-bond acceptors (Lipinski definition) is 2. The highest BCUT2D eigenvalue weighted by Crippen LogP contribution is 2.19. The second kappa shape index (κ2) is 6.52. The molecular formula is C19H19NO2S. The van der Waals surface area contributed by atoms with Gasteiger partial charge in [-0.05, 0) is 41.8 Å². The second-order valence-electron chi connectivity index (χ2n) is 5.72. The van der Waals surface area contributed by atoms with Gasteiger partial charge in [0.1, 0.15) is 0 Å². The summed E-state index contributed by atoms with van der Waals surface area (Å²) in [6.07, 6.45) is 0.660. The van der Waals surface area contributed by atoms with Crippen LogP contribution in [0.3, 0.4) is 0 Å². The summed E-state index contributed by atoms with van der Waals surface area (Å²) in [5.74, 6) is 0. The van der Waals surface area contributed by atoms with Crippen molar-refractivity contribution in [2.75, 3.05) is 0 Å². The average molecular weight is 325 g/mol. The lowest BCUT2D eigenvalue weighted by Gasteiger charge is -2.14. The molecule has 0 heterocycles. The fourth-order valence-electron chi connectivity index (χ4n) is 2.68. The van der Waals surface area contributed by atoms with Crippen molar-refractivity contribution in [3.8, 4) is 0 Å². The van der Waals surface area contributed by atoms with Gasteiger partial charge in [0.25, 0.3) is 0 Å². The van der Waals surface area contributed by atoms with E-state index in [0.717, 1.165) is 16.3 Å². The lowest BCUT2D eigenvalue weighted by molar-refractivity contribution is 0.560. The summed E-state index contributed by atoms with van der Waals surface area (Å²) in [7, 11) is -3.52. The Bertz CT molecular complexity index is 905. The zero-order valence-electron chi connectivity index (χ0n) is 12.9. The van der Waals surface area contributed by atoms with E-state index in [1.165, 1.54) is 0 Å². The van der Waals surface area contributed by atoms with Gasteiger partial charge in [0.2, 0.25) is 10.0 Å². The maximum absolute atomic E-state index is 12.6. The van der Waals surface area contributed by atoms with Gasteiger partial charge in [-0.1, -0.05) is 60.7 Å². The number of hydrogen-bond donors (Lipinski definition) is 1. The first-order valence-electron chi connectivity index (χ1n) is 7.60. The molecule has 3 rings (SSSR count). The van der Waals surface area contributed by atoms with E-state index in [1.54, 1.807) is 12.1 Å². The smallest absolute Gasteiger partial charge is 0.208 e. The Kier molecular flexibility index (Phi) is 4.46. The molecule has 0 aromatic heterocycles. The summed E-state index contributed by atoms with van der Waals surface area (Å²) in [6.45, 7) is 1.88. The van der Waals surface area contributed by atoms with Gasteiger partial charge < -0.3 is 0 Å². The van der Waals surface area contributed by atoms with Crippen LogP contribution >= 0.6 is 0 Å². The van der Waals surface area contributed by atoms with E-state index in [4.69, 9.17) is 0 Å². The summed E-state index contributed by atoms with van der Waals surface area (Å²) < 4.78 is 27.9. The van der Waals surface area contributed by atoms with E-state index in [2.05, 4.69) is 4.72 Å². The van der Waals surface area contributed by atoms with Crippen LogP contribution in [-0.4, -0.2) is 14.5 Å². The highest BCUT2D eigenvalue weighted by atomic mass is 32.2. The van der Waals surface area contributed by atoms with Crippen molar-refractivity contribution in [1.82, 2.24) is 4.72 Å². The SMILES string of the molecule is CC(Cc1ccccc1)NS(=O)(=O)c1ccc2ccccc2c1. The van der Waals surface area contributed by atoms with Crippen molar-refractivity contribution in [2.45, 2.75) is 24.3 Å². The first-order valence-corrected chi connectivity index (χ1v) is 9.08. The molecular weight excluding hydrogens is 306 g/mol. The monoisotopic (exact) mass is 325 g/mol. The molecule has 1 N–H and O–H groups in total. The molecule has 3 aromatic carbocycles. The van der Waals surface area contributed by atoms with Gasteiger partial charge in [0.15, 0.2) is 0 Å². The minimum Gasteiger partial charge on any atom is -0.208 e. The number of fused-ring (bicyclic) bond motifs is 1. The van der Waals surface area contributed by atoms with Crippen molar-refractivity contribution in [3.63, 3.8) is 0 Å². The zero-order chi connectivity index (χ0) is 16.3. The van der Waals surface area contributed by atoms with Crippen molar-refractivity contribution in [1.29, 1.82) is 0 Å². The summed E-state index contributed by atoms with van der Waals surface area (Å²) in [6, 6.07) is 22.6. The van der Waals surface area contributed by atoms with Crippen LogP contribution in [-0.2, 0) is 16.4 Å². The molecule has 0 aliphatic rings. The molecule has 0 aliphatic carbocycles. The van der Waals surface area contributed by atoms with Crippen LogP contribution in [0, 0.1) is 0 Å². The van der Waals surface area contributed by atoms with Gasteiger partial charge in [-0.3, -0.25) is 0 Å². The summed E-state index contributed by atoms with van der Waals surface area (Å²) in [5.41, 5.74) is 1.11. The van der Waals surface area contributed by atoms with Gasteiger partial charge in [0.05, 0.1) is 4.90 Å². The molecule has 0 aliphatic heterocycles. The molecule has 0 radical (unpaired) electrons. The van der Waals surface area contributed by atoms with Gasteiger partial charge >= 0.3 is 0 Å². The molecule has 0 bridgehead atoms. The minimum atomic E-state index is -3.52. The predicted molar refractivity (Wildman–Crippen MR) is 93.9 cm³/mol. The molecule has 3 aromatic rings. The molecule has 0 fully saturated rings. The zero-order valence-corrected chi connectivity index (χ0v) is 13.8.